The Kier molecular flexibility index (Phi) is 13.0. The SMILES string of the molecule is CCCCCCCCCCCCCCCOC1=C(O)C(C(O)CO)OC1=O. The van der Waals surface area contributed by atoms with Crippen LogP contribution in [0.25, 0.3) is 0 Å². The molecule has 27 heavy (non-hydrogen) atoms. The Morgan fingerprint density at radius 1 is 0.926 bits per heavy atom. The first-order valence-corrected chi connectivity index (χ1v) is 10.7. The Labute approximate surface area is 163 Å². The molecule has 1 aliphatic rings. The van der Waals surface area contributed by atoms with Crippen LogP contribution in [-0.2, 0) is 14.3 Å². The summed E-state index contributed by atoms with van der Waals surface area (Å²) in [6.07, 6.45) is 13.7. The van der Waals surface area contributed by atoms with Crippen LogP contribution in [0.2, 0.25) is 0 Å². The van der Waals surface area contributed by atoms with Gasteiger partial charge in [-0.3, -0.25) is 0 Å². The molecule has 1 heterocycles. The third-order valence-corrected chi connectivity index (χ3v) is 4.95. The van der Waals surface area contributed by atoms with Gasteiger partial charge in [-0.2, -0.15) is 0 Å². The second kappa shape index (κ2) is 14.7. The highest BCUT2D eigenvalue weighted by atomic mass is 16.6. The number of hydrogen-bond donors (Lipinski definition) is 3. The number of ether oxygens (including phenoxy) is 2. The van der Waals surface area contributed by atoms with E-state index in [0.717, 1.165) is 19.3 Å². The molecule has 0 radical (unpaired) electrons. The maximum Gasteiger partial charge on any atom is 0.378 e. The van der Waals surface area contributed by atoms with E-state index in [4.69, 9.17) is 14.6 Å². The van der Waals surface area contributed by atoms with Gasteiger partial charge >= 0.3 is 5.97 Å². The van der Waals surface area contributed by atoms with Crippen LogP contribution >= 0.6 is 0 Å². The number of cyclic esters (lactones) is 1. The van der Waals surface area contributed by atoms with E-state index in [1.54, 1.807) is 0 Å². The van der Waals surface area contributed by atoms with Crippen LogP contribution in [0.15, 0.2) is 11.5 Å². The molecular weight excluding hydrogens is 348 g/mol. The summed E-state index contributed by atoms with van der Waals surface area (Å²) >= 11 is 0. The highest BCUT2D eigenvalue weighted by molar-refractivity contribution is 5.89. The van der Waals surface area contributed by atoms with Gasteiger partial charge in [0.1, 0.15) is 6.10 Å². The molecule has 0 bridgehead atoms. The highest BCUT2D eigenvalue weighted by Gasteiger charge is 2.40. The lowest BCUT2D eigenvalue weighted by Crippen LogP contribution is -2.31. The van der Waals surface area contributed by atoms with E-state index >= 15 is 0 Å². The van der Waals surface area contributed by atoms with Crippen molar-refractivity contribution in [3.05, 3.63) is 11.5 Å². The lowest BCUT2D eigenvalue weighted by Gasteiger charge is -2.13. The van der Waals surface area contributed by atoms with E-state index in [9.17, 15) is 15.0 Å². The van der Waals surface area contributed by atoms with Gasteiger partial charge < -0.3 is 24.8 Å². The molecule has 0 aromatic heterocycles. The summed E-state index contributed by atoms with van der Waals surface area (Å²) in [6.45, 7) is 1.97. The summed E-state index contributed by atoms with van der Waals surface area (Å²) in [5, 5.41) is 28.2. The van der Waals surface area contributed by atoms with Gasteiger partial charge in [-0.15, -0.1) is 0 Å². The number of aliphatic hydroxyl groups excluding tert-OH is 3. The normalized spacial score (nSPS) is 18.0. The van der Waals surface area contributed by atoms with Crippen LogP contribution in [0, 0.1) is 0 Å². The van der Waals surface area contributed by atoms with Crippen LogP contribution < -0.4 is 0 Å². The number of esters is 1. The minimum atomic E-state index is -1.34. The number of carbonyl (C=O) groups excluding carboxylic acids is 1. The van der Waals surface area contributed by atoms with Crippen molar-refractivity contribution in [1.29, 1.82) is 0 Å². The first-order valence-electron chi connectivity index (χ1n) is 10.7. The molecule has 0 amide bonds. The summed E-state index contributed by atoms with van der Waals surface area (Å²) in [5.74, 6) is -1.47. The zero-order valence-electron chi connectivity index (χ0n) is 16.8. The minimum Gasteiger partial charge on any atom is -0.505 e. The average Bonchev–Trinajstić information content (AvgIpc) is 2.95. The quantitative estimate of drug-likeness (QED) is 0.257. The second-order valence-corrected chi connectivity index (χ2v) is 7.38. The van der Waals surface area contributed by atoms with Crippen LogP contribution in [0.4, 0.5) is 0 Å². The Hall–Kier alpha value is -1.27. The van der Waals surface area contributed by atoms with E-state index in [0.29, 0.717) is 6.61 Å². The molecule has 0 saturated carbocycles. The van der Waals surface area contributed by atoms with E-state index in [1.165, 1.54) is 64.2 Å². The molecule has 2 atom stereocenters. The largest absolute Gasteiger partial charge is 0.505 e. The second-order valence-electron chi connectivity index (χ2n) is 7.38. The first-order chi connectivity index (χ1) is 13.1. The van der Waals surface area contributed by atoms with Gasteiger partial charge in [0.05, 0.1) is 13.2 Å². The smallest absolute Gasteiger partial charge is 0.378 e. The van der Waals surface area contributed by atoms with Crippen LogP contribution in [0.5, 0.6) is 0 Å². The van der Waals surface area contributed by atoms with Gasteiger partial charge in [0.15, 0.2) is 11.9 Å². The van der Waals surface area contributed by atoms with E-state index in [1.807, 2.05) is 0 Å². The molecule has 6 heteroatoms. The third kappa shape index (κ3) is 9.47. The molecule has 6 nitrogen and oxygen atoms in total. The third-order valence-electron chi connectivity index (χ3n) is 4.95. The van der Waals surface area contributed by atoms with Gasteiger partial charge in [0.25, 0.3) is 0 Å². The Bertz CT molecular complexity index is 434. The number of aliphatic hydroxyl groups is 3. The number of carbonyl (C=O) groups is 1. The molecule has 0 spiro atoms. The van der Waals surface area contributed by atoms with Crippen LogP contribution in [0.1, 0.15) is 90.4 Å². The van der Waals surface area contributed by atoms with Gasteiger partial charge in [-0.05, 0) is 6.42 Å². The van der Waals surface area contributed by atoms with E-state index in [-0.39, 0.29) is 5.76 Å². The van der Waals surface area contributed by atoms with Crippen molar-refractivity contribution in [2.24, 2.45) is 0 Å². The molecule has 2 unspecified atom stereocenters. The van der Waals surface area contributed by atoms with E-state index < -0.39 is 30.5 Å². The fourth-order valence-corrected chi connectivity index (χ4v) is 3.24. The number of hydrogen-bond acceptors (Lipinski definition) is 6. The number of rotatable bonds is 17. The lowest BCUT2D eigenvalue weighted by atomic mass is 10.0. The summed E-state index contributed by atoms with van der Waals surface area (Å²) in [5.41, 5.74) is 0. The fourth-order valence-electron chi connectivity index (χ4n) is 3.24. The van der Waals surface area contributed by atoms with Crippen molar-refractivity contribution in [3.63, 3.8) is 0 Å². The summed E-state index contributed by atoms with van der Waals surface area (Å²) in [6, 6.07) is 0. The Morgan fingerprint density at radius 2 is 1.41 bits per heavy atom. The average molecular weight is 387 g/mol. The monoisotopic (exact) mass is 386 g/mol. The van der Waals surface area contributed by atoms with Crippen molar-refractivity contribution >= 4 is 5.97 Å². The van der Waals surface area contributed by atoms with Gasteiger partial charge in [-0.25, -0.2) is 4.79 Å². The van der Waals surface area contributed by atoms with E-state index in [2.05, 4.69) is 6.92 Å². The predicted molar refractivity (Wildman–Crippen MR) is 104 cm³/mol. The first kappa shape index (κ1) is 23.8. The van der Waals surface area contributed by atoms with Crippen molar-refractivity contribution in [2.45, 2.75) is 103 Å². The van der Waals surface area contributed by atoms with Crippen LogP contribution in [-0.4, -0.2) is 46.7 Å². The molecule has 0 aliphatic carbocycles. The van der Waals surface area contributed by atoms with Crippen molar-refractivity contribution in [3.8, 4) is 0 Å². The summed E-state index contributed by atoms with van der Waals surface area (Å²) in [7, 11) is 0. The zero-order valence-corrected chi connectivity index (χ0v) is 16.8. The predicted octanol–water partition coefficient (Wildman–Crippen LogP) is 4.14. The molecule has 1 aliphatic heterocycles. The Balaban J connectivity index is 1.97. The lowest BCUT2D eigenvalue weighted by molar-refractivity contribution is -0.148. The van der Waals surface area contributed by atoms with Gasteiger partial charge in [0.2, 0.25) is 5.76 Å². The summed E-state index contributed by atoms with van der Waals surface area (Å²) in [4.78, 5) is 11.6. The van der Waals surface area contributed by atoms with Crippen molar-refractivity contribution in [1.82, 2.24) is 0 Å². The zero-order chi connectivity index (χ0) is 19.9. The maximum absolute atomic E-state index is 11.6. The maximum atomic E-state index is 11.6. The highest BCUT2D eigenvalue weighted by Crippen LogP contribution is 2.24. The topological polar surface area (TPSA) is 96.2 Å². The molecule has 158 valence electrons. The summed E-state index contributed by atoms with van der Waals surface area (Å²) < 4.78 is 10.1. The standard InChI is InChI=1S/C21H38O6/c1-2-3-4-5-6-7-8-9-10-11-12-13-14-15-26-20-18(24)19(17(23)16-22)27-21(20)25/h17,19,22-24H,2-16H2,1H3. The van der Waals surface area contributed by atoms with Crippen LogP contribution in [0.3, 0.4) is 0 Å². The molecule has 1 rings (SSSR count). The molecular formula is C21H38O6. The molecule has 0 aromatic carbocycles. The molecule has 0 aromatic rings. The molecule has 0 fully saturated rings. The van der Waals surface area contributed by atoms with Gasteiger partial charge in [-0.1, -0.05) is 84.0 Å². The minimum absolute atomic E-state index is 0.244. The fraction of sp³-hybridized carbons (Fsp3) is 0.857. The molecule has 3 N–H and O–H groups in total. The van der Waals surface area contributed by atoms with Gasteiger partial charge in [0, 0.05) is 0 Å². The molecule has 0 saturated heterocycles. The van der Waals surface area contributed by atoms with Crippen molar-refractivity contribution < 1.29 is 29.6 Å². The Morgan fingerprint density at radius 3 is 1.89 bits per heavy atom. The number of unbranched alkanes of at least 4 members (excludes halogenated alkanes) is 12. The van der Waals surface area contributed by atoms with Crippen molar-refractivity contribution in [2.75, 3.05) is 13.2 Å².